The number of ether oxygens (including phenoxy) is 2. The summed E-state index contributed by atoms with van der Waals surface area (Å²) in [5.74, 6) is -0.343. The highest BCUT2D eigenvalue weighted by atomic mass is 16.5. The Kier molecular flexibility index (Phi) is 4.82. The van der Waals surface area contributed by atoms with E-state index < -0.39 is 0 Å². The highest BCUT2D eigenvalue weighted by molar-refractivity contribution is 5.81. The van der Waals surface area contributed by atoms with Crippen LogP contribution in [-0.4, -0.2) is 24.8 Å². The van der Waals surface area contributed by atoms with Crippen molar-refractivity contribution in [1.29, 1.82) is 0 Å². The Morgan fingerprint density at radius 1 is 1.60 bits per heavy atom. The first-order chi connectivity index (χ1) is 7.16. The lowest BCUT2D eigenvalue weighted by molar-refractivity contribution is -0.138. The zero-order valence-electron chi connectivity index (χ0n) is 9.46. The van der Waals surface area contributed by atoms with Crippen molar-refractivity contribution in [2.45, 2.75) is 44.6 Å². The van der Waals surface area contributed by atoms with Crippen LogP contribution in [-0.2, 0) is 14.3 Å². The standard InChI is InChI=1S/C12H20O3/c1-3-11(13)14-9-6-8-12(2)7-4-5-10-15-12/h3H,1,4-10H2,2H3. The summed E-state index contributed by atoms with van der Waals surface area (Å²) in [5.41, 5.74) is -0.00115. The number of hydrogen-bond donors (Lipinski definition) is 0. The molecule has 0 aromatic heterocycles. The Bertz CT molecular complexity index is 217. The van der Waals surface area contributed by atoms with Crippen molar-refractivity contribution in [3.05, 3.63) is 12.7 Å². The van der Waals surface area contributed by atoms with Crippen molar-refractivity contribution in [3.63, 3.8) is 0 Å². The summed E-state index contributed by atoms with van der Waals surface area (Å²) in [6, 6.07) is 0. The fourth-order valence-electron chi connectivity index (χ4n) is 1.87. The smallest absolute Gasteiger partial charge is 0.330 e. The van der Waals surface area contributed by atoms with Gasteiger partial charge in [-0.2, -0.15) is 0 Å². The van der Waals surface area contributed by atoms with E-state index in [2.05, 4.69) is 13.5 Å². The van der Waals surface area contributed by atoms with E-state index in [0.29, 0.717) is 6.61 Å². The number of esters is 1. The Labute approximate surface area is 91.4 Å². The zero-order valence-corrected chi connectivity index (χ0v) is 9.46. The Morgan fingerprint density at radius 2 is 2.40 bits per heavy atom. The topological polar surface area (TPSA) is 35.5 Å². The van der Waals surface area contributed by atoms with Gasteiger partial charge in [-0.05, 0) is 39.0 Å². The van der Waals surface area contributed by atoms with E-state index in [1.54, 1.807) is 0 Å². The molecular weight excluding hydrogens is 192 g/mol. The van der Waals surface area contributed by atoms with Crippen LogP contribution in [0.1, 0.15) is 39.0 Å². The van der Waals surface area contributed by atoms with Crippen molar-refractivity contribution in [2.75, 3.05) is 13.2 Å². The number of hydrogen-bond acceptors (Lipinski definition) is 3. The predicted octanol–water partition coefficient (Wildman–Crippen LogP) is 2.46. The molecule has 0 aliphatic carbocycles. The van der Waals surface area contributed by atoms with Crippen molar-refractivity contribution in [3.8, 4) is 0 Å². The Morgan fingerprint density at radius 3 is 3.00 bits per heavy atom. The highest BCUT2D eigenvalue weighted by Crippen LogP contribution is 2.28. The maximum atomic E-state index is 10.8. The average molecular weight is 212 g/mol. The molecule has 1 rings (SSSR count). The van der Waals surface area contributed by atoms with Crippen LogP contribution < -0.4 is 0 Å². The van der Waals surface area contributed by atoms with E-state index >= 15 is 0 Å². The average Bonchev–Trinajstić information content (AvgIpc) is 2.25. The van der Waals surface area contributed by atoms with Gasteiger partial charge in [0, 0.05) is 12.7 Å². The summed E-state index contributed by atoms with van der Waals surface area (Å²) < 4.78 is 10.7. The molecule has 0 aromatic carbocycles. The summed E-state index contributed by atoms with van der Waals surface area (Å²) in [6.45, 7) is 6.81. The zero-order chi connectivity index (χ0) is 11.1. The summed E-state index contributed by atoms with van der Waals surface area (Å²) in [5, 5.41) is 0. The van der Waals surface area contributed by atoms with E-state index in [0.717, 1.165) is 25.9 Å². The maximum Gasteiger partial charge on any atom is 0.330 e. The minimum absolute atomic E-state index is 0.00115. The molecule has 1 aliphatic heterocycles. The van der Waals surface area contributed by atoms with Gasteiger partial charge in [0.05, 0.1) is 12.2 Å². The molecule has 3 heteroatoms. The fraction of sp³-hybridized carbons (Fsp3) is 0.750. The third-order valence-electron chi connectivity index (χ3n) is 2.81. The summed E-state index contributed by atoms with van der Waals surface area (Å²) in [7, 11) is 0. The molecule has 86 valence electrons. The van der Waals surface area contributed by atoms with Gasteiger partial charge in [0.2, 0.25) is 0 Å². The SMILES string of the molecule is C=CC(=O)OCCCC1(C)CCCCO1. The van der Waals surface area contributed by atoms with E-state index in [4.69, 9.17) is 9.47 Å². The highest BCUT2D eigenvalue weighted by Gasteiger charge is 2.26. The molecule has 1 atom stereocenters. The van der Waals surface area contributed by atoms with Crippen LogP contribution in [0.15, 0.2) is 12.7 Å². The van der Waals surface area contributed by atoms with Crippen molar-refractivity contribution >= 4 is 5.97 Å². The van der Waals surface area contributed by atoms with Crippen LogP contribution in [0.25, 0.3) is 0 Å². The van der Waals surface area contributed by atoms with Gasteiger partial charge in [-0.1, -0.05) is 6.58 Å². The molecular formula is C12H20O3. The molecule has 1 fully saturated rings. The van der Waals surface area contributed by atoms with Crippen LogP contribution in [0.3, 0.4) is 0 Å². The van der Waals surface area contributed by atoms with Crippen molar-refractivity contribution < 1.29 is 14.3 Å². The molecule has 0 radical (unpaired) electrons. The fourth-order valence-corrected chi connectivity index (χ4v) is 1.87. The van der Waals surface area contributed by atoms with E-state index in [1.807, 2.05) is 0 Å². The number of carbonyl (C=O) groups excluding carboxylic acids is 1. The molecule has 0 saturated carbocycles. The molecule has 1 aliphatic rings. The Hall–Kier alpha value is -0.830. The van der Waals surface area contributed by atoms with Gasteiger partial charge >= 0.3 is 5.97 Å². The number of rotatable bonds is 5. The van der Waals surface area contributed by atoms with Gasteiger partial charge in [0.15, 0.2) is 0 Å². The van der Waals surface area contributed by atoms with Gasteiger partial charge < -0.3 is 9.47 Å². The quantitative estimate of drug-likeness (QED) is 0.399. The minimum atomic E-state index is -0.343. The van der Waals surface area contributed by atoms with Crippen LogP contribution >= 0.6 is 0 Å². The molecule has 0 spiro atoms. The molecule has 15 heavy (non-hydrogen) atoms. The lowest BCUT2D eigenvalue weighted by Crippen LogP contribution is -2.33. The maximum absolute atomic E-state index is 10.8. The summed E-state index contributed by atoms with van der Waals surface area (Å²) in [4.78, 5) is 10.8. The largest absolute Gasteiger partial charge is 0.463 e. The second-order valence-corrected chi connectivity index (χ2v) is 4.23. The van der Waals surface area contributed by atoms with Crippen LogP contribution in [0.2, 0.25) is 0 Å². The lowest BCUT2D eigenvalue weighted by atomic mass is 9.91. The van der Waals surface area contributed by atoms with E-state index in [9.17, 15) is 4.79 Å². The van der Waals surface area contributed by atoms with E-state index in [1.165, 1.54) is 18.9 Å². The van der Waals surface area contributed by atoms with E-state index in [-0.39, 0.29) is 11.6 Å². The van der Waals surface area contributed by atoms with Crippen LogP contribution in [0.5, 0.6) is 0 Å². The molecule has 1 heterocycles. The first kappa shape index (κ1) is 12.2. The first-order valence-electron chi connectivity index (χ1n) is 5.59. The third kappa shape index (κ3) is 4.47. The first-order valence-corrected chi connectivity index (χ1v) is 5.59. The second-order valence-electron chi connectivity index (χ2n) is 4.23. The monoisotopic (exact) mass is 212 g/mol. The second kappa shape index (κ2) is 5.91. The summed E-state index contributed by atoms with van der Waals surface area (Å²) in [6.07, 6.45) is 6.53. The van der Waals surface area contributed by atoms with Crippen molar-refractivity contribution in [2.24, 2.45) is 0 Å². The van der Waals surface area contributed by atoms with Gasteiger partial charge in [-0.25, -0.2) is 4.79 Å². The number of carbonyl (C=O) groups is 1. The minimum Gasteiger partial charge on any atom is -0.463 e. The lowest BCUT2D eigenvalue weighted by Gasteiger charge is -2.33. The van der Waals surface area contributed by atoms with Gasteiger partial charge in [-0.3, -0.25) is 0 Å². The molecule has 0 N–H and O–H groups in total. The third-order valence-corrected chi connectivity index (χ3v) is 2.81. The molecule has 0 aromatic rings. The molecule has 1 saturated heterocycles. The Balaban J connectivity index is 2.13. The van der Waals surface area contributed by atoms with Gasteiger partial charge in [-0.15, -0.1) is 0 Å². The van der Waals surface area contributed by atoms with Crippen LogP contribution in [0.4, 0.5) is 0 Å². The van der Waals surface area contributed by atoms with Crippen LogP contribution in [0, 0.1) is 0 Å². The van der Waals surface area contributed by atoms with Gasteiger partial charge in [0.1, 0.15) is 0 Å². The molecule has 3 nitrogen and oxygen atoms in total. The molecule has 0 amide bonds. The predicted molar refractivity (Wildman–Crippen MR) is 58.6 cm³/mol. The summed E-state index contributed by atoms with van der Waals surface area (Å²) >= 11 is 0. The molecule has 0 bridgehead atoms. The van der Waals surface area contributed by atoms with Crippen molar-refractivity contribution in [1.82, 2.24) is 0 Å². The molecule has 1 unspecified atom stereocenters. The van der Waals surface area contributed by atoms with Gasteiger partial charge in [0.25, 0.3) is 0 Å². The normalized spacial score (nSPS) is 25.9.